The van der Waals surface area contributed by atoms with Crippen LogP contribution in [0.1, 0.15) is 33.4 Å². The van der Waals surface area contributed by atoms with Gasteiger partial charge >= 0.3 is 6.18 Å². The van der Waals surface area contributed by atoms with Crippen LogP contribution in [0.3, 0.4) is 0 Å². The lowest BCUT2D eigenvalue weighted by Crippen LogP contribution is -2.35. The second-order valence-electron chi connectivity index (χ2n) is 6.06. The number of halogens is 3. The van der Waals surface area contributed by atoms with E-state index in [0.717, 1.165) is 0 Å². The number of nitrogens with one attached hydrogen (secondary N) is 2. The number of aromatic amines is 1. The zero-order valence-electron chi connectivity index (χ0n) is 14.1. The molecule has 142 valence electrons. The lowest BCUT2D eigenvalue weighted by Gasteiger charge is -2.28. The number of nitrogens with zero attached hydrogens (tertiary/aromatic N) is 1. The predicted octanol–water partition coefficient (Wildman–Crippen LogP) is 3.41. The highest BCUT2D eigenvalue weighted by molar-refractivity contribution is 5.94. The van der Waals surface area contributed by atoms with Gasteiger partial charge < -0.3 is 15.0 Å². The first-order valence-corrected chi connectivity index (χ1v) is 8.17. The highest BCUT2D eigenvalue weighted by Gasteiger charge is 2.35. The molecule has 1 aliphatic rings. The highest BCUT2D eigenvalue weighted by Crippen LogP contribution is 2.42. The fourth-order valence-corrected chi connectivity index (χ4v) is 2.97. The second kappa shape index (κ2) is 6.52. The second-order valence-corrected chi connectivity index (χ2v) is 6.06. The van der Waals surface area contributed by atoms with E-state index < -0.39 is 35.1 Å². The summed E-state index contributed by atoms with van der Waals surface area (Å²) in [6.45, 7) is 0. The molecule has 4 rings (SSSR count). The maximum absolute atomic E-state index is 12.7. The van der Waals surface area contributed by atoms with E-state index in [4.69, 9.17) is 4.74 Å². The summed E-state index contributed by atoms with van der Waals surface area (Å²) >= 11 is 0. The zero-order chi connectivity index (χ0) is 19.9. The molecule has 1 aromatic heterocycles. The largest absolute Gasteiger partial charge is 0.457 e. The molecule has 0 saturated heterocycles. The molecule has 0 atom stereocenters. The molecule has 0 bridgehead atoms. The molecule has 2 aromatic carbocycles. The Labute approximate surface area is 156 Å². The summed E-state index contributed by atoms with van der Waals surface area (Å²) in [5.74, 6) is -1.24. The number of carbonyl (C=O) groups excluding carboxylic acids is 1. The first kappa shape index (κ1) is 17.8. The van der Waals surface area contributed by atoms with Gasteiger partial charge in [-0.25, -0.2) is 4.98 Å². The van der Waals surface area contributed by atoms with Crippen molar-refractivity contribution in [2.24, 2.45) is 0 Å². The van der Waals surface area contributed by atoms with Crippen molar-refractivity contribution in [1.82, 2.24) is 15.3 Å². The summed E-state index contributed by atoms with van der Waals surface area (Å²) in [6.07, 6.45) is -4.19. The maximum Gasteiger partial charge on any atom is 0.449 e. The number of ether oxygens (including phenoxy) is 1. The van der Waals surface area contributed by atoms with Gasteiger partial charge in [0.2, 0.25) is 5.82 Å². The third-order valence-corrected chi connectivity index (χ3v) is 4.27. The number of H-pyrrole nitrogens is 1. The molecule has 0 unspecified atom stereocenters. The number of aromatic nitrogens is 2. The number of fused-ring (bicyclic) bond motifs is 2. The van der Waals surface area contributed by atoms with Crippen molar-refractivity contribution in [3.8, 4) is 11.5 Å². The number of rotatable bonds is 2. The number of para-hydroxylation sites is 2. The van der Waals surface area contributed by atoms with Gasteiger partial charge in [0, 0.05) is 17.3 Å². The van der Waals surface area contributed by atoms with E-state index in [1.807, 2.05) is 0 Å². The lowest BCUT2D eigenvalue weighted by atomic mass is 9.94. The van der Waals surface area contributed by atoms with Crippen molar-refractivity contribution in [1.29, 1.82) is 0 Å². The fourth-order valence-electron chi connectivity index (χ4n) is 2.97. The van der Waals surface area contributed by atoms with Gasteiger partial charge in [-0.15, -0.1) is 0 Å². The average molecular weight is 387 g/mol. The van der Waals surface area contributed by atoms with Gasteiger partial charge in [0.25, 0.3) is 11.5 Å². The van der Waals surface area contributed by atoms with Gasteiger partial charge in [-0.2, -0.15) is 13.2 Å². The van der Waals surface area contributed by atoms with Crippen molar-refractivity contribution in [3.63, 3.8) is 0 Å². The molecule has 1 amide bonds. The van der Waals surface area contributed by atoms with Crippen LogP contribution >= 0.6 is 0 Å². The molecular weight excluding hydrogens is 375 g/mol. The smallest absolute Gasteiger partial charge is 0.449 e. The quantitative estimate of drug-likeness (QED) is 0.706. The summed E-state index contributed by atoms with van der Waals surface area (Å²) in [6, 6.07) is 13.4. The van der Waals surface area contributed by atoms with E-state index in [1.165, 1.54) is 0 Å². The number of alkyl halides is 3. The summed E-state index contributed by atoms with van der Waals surface area (Å²) in [5.41, 5.74) is -0.375. The molecule has 0 aliphatic carbocycles. The van der Waals surface area contributed by atoms with E-state index in [0.29, 0.717) is 28.8 Å². The molecule has 6 nitrogen and oxygen atoms in total. The minimum Gasteiger partial charge on any atom is -0.457 e. The van der Waals surface area contributed by atoms with Crippen LogP contribution in [-0.4, -0.2) is 15.9 Å². The van der Waals surface area contributed by atoms with Crippen LogP contribution in [0.5, 0.6) is 11.5 Å². The zero-order valence-corrected chi connectivity index (χ0v) is 14.1. The van der Waals surface area contributed by atoms with E-state index in [2.05, 4.69) is 10.3 Å². The maximum atomic E-state index is 12.7. The molecule has 9 heteroatoms. The summed E-state index contributed by atoms with van der Waals surface area (Å²) in [5, 5.41) is 2.69. The molecular formula is C19H12F3N3O3. The topological polar surface area (TPSA) is 84.1 Å². The Hall–Kier alpha value is -3.62. The van der Waals surface area contributed by atoms with Crippen LogP contribution in [0.4, 0.5) is 13.2 Å². The minimum absolute atomic E-state index is 0.519. The van der Waals surface area contributed by atoms with Gasteiger partial charge in [-0.05, 0) is 12.1 Å². The van der Waals surface area contributed by atoms with Gasteiger partial charge in [-0.1, -0.05) is 36.4 Å². The van der Waals surface area contributed by atoms with Crippen molar-refractivity contribution < 1.29 is 22.7 Å². The molecule has 1 aliphatic heterocycles. The summed E-state index contributed by atoms with van der Waals surface area (Å²) in [4.78, 5) is 29.3. The van der Waals surface area contributed by atoms with Crippen LogP contribution in [0, 0.1) is 0 Å². The van der Waals surface area contributed by atoms with Crippen LogP contribution in [-0.2, 0) is 6.18 Å². The molecule has 28 heavy (non-hydrogen) atoms. The predicted molar refractivity (Wildman–Crippen MR) is 92.1 cm³/mol. The van der Waals surface area contributed by atoms with Crippen LogP contribution < -0.4 is 15.6 Å². The first-order valence-electron chi connectivity index (χ1n) is 8.17. The van der Waals surface area contributed by atoms with Gasteiger partial charge in [0.1, 0.15) is 17.1 Å². The fraction of sp³-hybridized carbons (Fsp3) is 0.105. The average Bonchev–Trinajstić information content (AvgIpc) is 2.67. The monoisotopic (exact) mass is 387 g/mol. The van der Waals surface area contributed by atoms with E-state index in [1.54, 1.807) is 53.5 Å². The van der Waals surface area contributed by atoms with Crippen molar-refractivity contribution in [2.75, 3.05) is 0 Å². The first-order chi connectivity index (χ1) is 13.3. The summed E-state index contributed by atoms with van der Waals surface area (Å²) in [7, 11) is 0. The van der Waals surface area contributed by atoms with E-state index in [-0.39, 0.29) is 0 Å². The molecule has 3 aromatic rings. The molecule has 0 fully saturated rings. The molecule has 0 spiro atoms. The number of benzene rings is 2. The van der Waals surface area contributed by atoms with E-state index in [9.17, 15) is 22.8 Å². The number of carbonyl (C=O) groups is 1. The molecule has 0 saturated carbocycles. The third-order valence-electron chi connectivity index (χ3n) is 4.27. The van der Waals surface area contributed by atoms with Crippen LogP contribution in [0.15, 0.2) is 59.5 Å². The lowest BCUT2D eigenvalue weighted by molar-refractivity contribution is -0.145. The summed E-state index contributed by atoms with van der Waals surface area (Å²) < 4.78 is 43.8. The highest BCUT2D eigenvalue weighted by atomic mass is 19.4. The van der Waals surface area contributed by atoms with Crippen molar-refractivity contribution in [3.05, 3.63) is 87.6 Å². The minimum atomic E-state index is -4.81. The normalized spacial score (nSPS) is 13.2. The van der Waals surface area contributed by atoms with Crippen molar-refractivity contribution >= 4 is 5.91 Å². The molecule has 2 heterocycles. The SMILES string of the molecule is O=C(NC1c2ccccc2Oc2ccccc21)c1cnc(C(F)(F)F)[nH]c1=O. The Morgan fingerprint density at radius 1 is 1.04 bits per heavy atom. The third kappa shape index (κ3) is 3.11. The Morgan fingerprint density at radius 2 is 1.61 bits per heavy atom. The molecule has 0 radical (unpaired) electrons. The van der Waals surface area contributed by atoms with E-state index >= 15 is 0 Å². The Kier molecular flexibility index (Phi) is 4.14. The Balaban J connectivity index is 1.70. The number of hydrogen-bond donors (Lipinski definition) is 2. The van der Waals surface area contributed by atoms with Gasteiger partial charge in [0.05, 0.1) is 6.04 Å². The van der Waals surface area contributed by atoms with Gasteiger partial charge in [0.15, 0.2) is 0 Å². The number of amides is 1. The Bertz CT molecular complexity index is 1080. The van der Waals surface area contributed by atoms with Crippen LogP contribution in [0.25, 0.3) is 0 Å². The Morgan fingerprint density at radius 3 is 2.14 bits per heavy atom. The number of hydrogen-bond acceptors (Lipinski definition) is 4. The van der Waals surface area contributed by atoms with Crippen molar-refractivity contribution in [2.45, 2.75) is 12.2 Å². The van der Waals surface area contributed by atoms with Gasteiger partial charge in [-0.3, -0.25) is 9.59 Å². The van der Waals surface area contributed by atoms with Crippen LogP contribution in [0.2, 0.25) is 0 Å². The standard InChI is InChI=1S/C19H12F3N3O3/c20-19(21,22)18-23-9-12(17(27)25-18)16(26)24-15-10-5-1-3-7-13(10)28-14-8-4-2-6-11(14)15/h1-9,15H,(H,24,26)(H,23,25,27). The molecule has 2 N–H and O–H groups in total.